The summed E-state index contributed by atoms with van der Waals surface area (Å²) in [4.78, 5) is 27.2. The number of amides is 1. The number of nitrogens with zero attached hydrogens (tertiary/aromatic N) is 1. The number of aliphatic carboxylic acids is 1. The second-order valence-corrected chi connectivity index (χ2v) is 6.04. The van der Waals surface area contributed by atoms with Crippen LogP contribution in [0.15, 0.2) is 18.2 Å². The fraction of sp³-hybridized carbons (Fsp3) is 0.357. The first-order chi connectivity index (χ1) is 10.0. The van der Waals surface area contributed by atoms with Crippen LogP contribution in [-0.2, 0) is 14.3 Å². The number of hydrogen-bond donors (Lipinski definition) is 2. The number of carbonyl (C=O) groups excluding carboxylic acids is 1. The van der Waals surface area contributed by atoms with Gasteiger partial charge in [-0.15, -0.1) is 0 Å². The van der Waals surface area contributed by atoms with Crippen molar-refractivity contribution in [1.29, 1.82) is 0 Å². The Hall–Kier alpha value is -1.99. The van der Waals surface area contributed by atoms with Crippen molar-refractivity contribution >= 4 is 38.6 Å². The molecule has 1 aromatic heterocycles. The quantitative estimate of drug-likeness (QED) is 0.907. The van der Waals surface area contributed by atoms with E-state index in [1.807, 2.05) is 25.1 Å². The fourth-order valence-electron chi connectivity index (χ4n) is 2.28. The molecule has 0 unspecified atom stereocenters. The summed E-state index contributed by atoms with van der Waals surface area (Å²) in [5.74, 6) is -1.37. The summed E-state index contributed by atoms with van der Waals surface area (Å²) >= 11 is 1.39. The molecule has 0 saturated carbocycles. The molecule has 1 aliphatic heterocycles. The molecule has 1 saturated heterocycles. The molecule has 1 aromatic carbocycles. The predicted molar refractivity (Wildman–Crippen MR) is 78.5 cm³/mol. The van der Waals surface area contributed by atoms with Gasteiger partial charge in [-0.2, -0.15) is 0 Å². The lowest BCUT2D eigenvalue weighted by Gasteiger charge is -2.09. The van der Waals surface area contributed by atoms with E-state index in [-0.39, 0.29) is 5.91 Å². The van der Waals surface area contributed by atoms with E-state index in [0.29, 0.717) is 18.0 Å². The summed E-state index contributed by atoms with van der Waals surface area (Å²) in [7, 11) is 0. The number of aryl methyl sites for hydroxylation is 1. The van der Waals surface area contributed by atoms with Crippen LogP contribution in [0.1, 0.15) is 18.4 Å². The first-order valence-corrected chi connectivity index (χ1v) is 7.41. The van der Waals surface area contributed by atoms with Gasteiger partial charge < -0.3 is 9.84 Å². The van der Waals surface area contributed by atoms with Gasteiger partial charge in [-0.3, -0.25) is 10.1 Å². The number of nitrogens with one attached hydrogen (secondary N) is 1. The highest BCUT2D eigenvalue weighted by Gasteiger charge is 2.34. The van der Waals surface area contributed by atoms with Crippen molar-refractivity contribution in [3.63, 3.8) is 0 Å². The Labute approximate surface area is 124 Å². The zero-order valence-electron chi connectivity index (χ0n) is 11.3. The SMILES string of the molecule is Cc1ccc2nc(NC(=O)[C@@H]3CC[C@H](C(=O)O)O3)sc2c1. The zero-order chi connectivity index (χ0) is 15.0. The number of ether oxygens (including phenoxy) is 1. The van der Waals surface area contributed by atoms with E-state index in [1.54, 1.807) is 0 Å². The molecular formula is C14H14N2O4S. The third kappa shape index (κ3) is 2.88. The number of carboxylic acids is 1. The third-order valence-electron chi connectivity index (χ3n) is 3.36. The lowest BCUT2D eigenvalue weighted by Crippen LogP contribution is -2.29. The van der Waals surface area contributed by atoms with Gasteiger partial charge in [0.05, 0.1) is 10.2 Å². The average Bonchev–Trinajstić information content (AvgIpc) is 3.03. The normalized spacial score (nSPS) is 21.6. The molecule has 0 aliphatic carbocycles. The van der Waals surface area contributed by atoms with Crippen LogP contribution in [0.25, 0.3) is 10.2 Å². The Balaban J connectivity index is 1.70. The minimum Gasteiger partial charge on any atom is -0.479 e. The number of carbonyl (C=O) groups is 2. The maximum absolute atomic E-state index is 12.1. The lowest BCUT2D eigenvalue weighted by molar-refractivity contribution is -0.150. The van der Waals surface area contributed by atoms with Gasteiger partial charge in [0.2, 0.25) is 0 Å². The largest absolute Gasteiger partial charge is 0.479 e. The minimum atomic E-state index is -1.03. The van der Waals surface area contributed by atoms with Crippen LogP contribution in [0, 0.1) is 6.92 Å². The molecule has 110 valence electrons. The van der Waals surface area contributed by atoms with E-state index >= 15 is 0 Å². The Kier molecular flexibility index (Phi) is 3.60. The van der Waals surface area contributed by atoms with Gasteiger partial charge in [-0.1, -0.05) is 17.4 Å². The molecule has 7 heteroatoms. The highest BCUT2D eigenvalue weighted by Crippen LogP contribution is 2.28. The molecule has 2 atom stereocenters. The molecule has 6 nitrogen and oxygen atoms in total. The second-order valence-electron chi connectivity index (χ2n) is 5.01. The summed E-state index contributed by atoms with van der Waals surface area (Å²) in [6.07, 6.45) is -0.849. The summed E-state index contributed by atoms with van der Waals surface area (Å²) in [6.45, 7) is 2.00. The Morgan fingerprint density at radius 1 is 1.38 bits per heavy atom. The van der Waals surface area contributed by atoms with Crippen molar-refractivity contribution in [3.8, 4) is 0 Å². The van der Waals surface area contributed by atoms with Crippen LogP contribution < -0.4 is 5.32 Å². The van der Waals surface area contributed by atoms with Crippen LogP contribution in [0.3, 0.4) is 0 Å². The number of benzene rings is 1. The van der Waals surface area contributed by atoms with Crippen molar-refractivity contribution in [1.82, 2.24) is 4.98 Å². The maximum Gasteiger partial charge on any atom is 0.332 e. The molecule has 2 N–H and O–H groups in total. The lowest BCUT2D eigenvalue weighted by atomic mass is 10.2. The molecule has 1 aliphatic rings. The molecule has 0 radical (unpaired) electrons. The van der Waals surface area contributed by atoms with Gasteiger partial charge in [-0.05, 0) is 37.5 Å². The number of hydrogen-bond acceptors (Lipinski definition) is 5. The standard InChI is InChI=1S/C14H14N2O4S/c1-7-2-3-8-11(6-7)21-14(15-8)16-12(17)9-4-5-10(20-9)13(18)19/h2-3,6,9-10H,4-5H2,1H3,(H,18,19)(H,15,16,17)/t9-,10+/m0/s1. The molecule has 2 heterocycles. The van der Waals surface area contributed by atoms with E-state index in [0.717, 1.165) is 15.8 Å². The van der Waals surface area contributed by atoms with Gasteiger partial charge in [0, 0.05) is 0 Å². The number of thiazole rings is 1. The van der Waals surface area contributed by atoms with Crippen molar-refractivity contribution in [2.75, 3.05) is 5.32 Å². The van der Waals surface area contributed by atoms with Crippen molar-refractivity contribution < 1.29 is 19.4 Å². The topological polar surface area (TPSA) is 88.5 Å². The summed E-state index contributed by atoms with van der Waals surface area (Å²) in [6, 6.07) is 5.88. The van der Waals surface area contributed by atoms with E-state index in [9.17, 15) is 9.59 Å². The Morgan fingerprint density at radius 2 is 2.14 bits per heavy atom. The highest BCUT2D eigenvalue weighted by atomic mass is 32.1. The maximum atomic E-state index is 12.1. The number of carboxylic acid groups (broad SMARTS) is 1. The summed E-state index contributed by atoms with van der Waals surface area (Å²) in [5.41, 5.74) is 1.96. The average molecular weight is 306 g/mol. The first-order valence-electron chi connectivity index (χ1n) is 6.59. The Bertz CT molecular complexity index is 712. The van der Waals surface area contributed by atoms with Crippen LogP contribution >= 0.6 is 11.3 Å². The fourth-order valence-corrected chi connectivity index (χ4v) is 3.25. The van der Waals surface area contributed by atoms with Crippen LogP contribution in [0.4, 0.5) is 5.13 Å². The second kappa shape index (κ2) is 5.42. The molecular weight excluding hydrogens is 292 g/mol. The summed E-state index contributed by atoms with van der Waals surface area (Å²) < 4.78 is 6.22. The molecule has 1 amide bonds. The molecule has 2 aromatic rings. The number of fused-ring (bicyclic) bond motifs is 1. The summed E-state index contributed by atoms with van der Waals surface area (Å²) in [5, 5.41) is 12.1. The predicted octanol–water partition coefficient (Wildman–Crippen LogP) is 2.18. The van der Waals surface area contributed by atoms with E-state index in [1.165, 1.54) is 11.3 Å². The molecule has 0 spiro atoms. The van der Waals surface area contributed by atoms with Crippen LogP contribution in [0.5, 0.6) is 0 Å². The third-order valence-corrected chi connectivity index (χ3v) is 4.30. The smallest absolute Gasteiger partial charge is 0.332 e. The minimum absolute atomic E-state index is 0.338. The van der Waals surface area contributed by atoms with Gasteiger partial charge in [0.25, 0.3) is 5.91 Å². The number of aromatic nitrogens is 1. The molecule has 21 heavy (non-hydrogen) atoms. The van der Waals surface area contributed by atoms with Crippen LogP contribution in [0.2, 0.25) is 0 Å². The van der Waals surface area contributed by atoms with Crippen molar-refractivity contribution in [2.24, 2.45) is 0 Å². The monoisotopic (exact) mass is 306 g/mol. The van der Waals surface area contributed by atoms with Crippen molar-refractivity contribution in [2.45, 2.75) is 32.0 Å². The molecule has 0 bridgehead atoms. The van der Waals surface area contributed by atoms with Crippen molar-refractivity contribution in [3.05, 3.63) is 23.8 Å². The van der Waals surface area contributed by atoms with Gasteiger partial charge in [-0.25, -0.2) is 9.78 Å². The number of rotatable bonds is 3. The zero-order valence-corrected chi connectivity index (χ0v) is 12.1. The first kappa shape index (κ1) is 14.0. The molecule has 3 rings (SSSR count). The molecule has 1 fully saturated rings. The highest BCUT2D eigenvalue weighted by molar-refractivity contribution is 7.22. The van der Waals surface area contributed by atoms with E-state index in [2.05, 4.69) is 10.3 Å². The van der Waals surface area contributed by atoms with Gasteiger partial charge in [0.15, 0.2) is 11.2 Å². The van der Waals surface area contributed by atoms with E-state index in [4.69, 9.17) is 9.84 Å². The Morgan fingerprint density at radius 3 is 2.86 bits per heavy atom. The number of anilines is 1. The van der Waals surface area contributed by atoms with Gasteiger partial charge >= 0.3 is 5.97 Å². The van der Waals surface area contributed by atoms with E-state index < -0.39 is 18.2 Å². The van der Waals surface area contributed by atoms with Crippen LogP contribution in [-0.4, -0.2) is 34.2 Å². The van der Waals surface area contributed by atoms with Gasteiger partial charge in [0.1, 0.15) is 6.10 Å².